The van der Waals surface area contributed by atoms with Gasteiger partial charge in [0, 0.05) is 11.1 Å². The third kappa shape index (κ3) is 6.36. The second-order valence-electron chi connectivity index (χ2n) is 16.1. The molecule has 0 amide bonds. The van der Waals surface area contributed by atoms with Crippen molar-refractivity contribution in [1.82, 2.24) is 0 Å². The van der Waals surface area contributed by atoms with E-state index in [0.717, 1.165) is 32.7 Å². The lowest BCUT2D eigenvalue weighted by molar-refractivity contribution is 1.04. The summed E-state index contributed by atoms with van der Waals surface area (Å²) in [4.78, 5) is 0. The van der Waals surface area contributed by atoms with Gasteiger partial charge in [-0.2, -0.15) is 0 Å². The van der Waals surface area contributed by atoms with E-state index in [2.05, 4.69) is 245 Å². The fraction of sp³-hybridized carbons (Fsp3) is 0.107. The van der Waals surface area contributed by atoms with Crippen molar-refractivity contribution >= 4 is 80.0 Å². The minimum atomic E-state index is -2.60. The predicted molar refractivity (Wildman–Crippen MR) is 256 cm³/mol. The largest absolute Gasteiger partial charge is 0.202 e. The highest BCUT2D eigenvalue weighted by Crippen LogP contribution is 2.37. The summed E-state index contributed by atoms with van der Waals surface area (Å²) in [6.45, 7) is 9.44. The van der Waals surface area contributed by atoms with Crippen molar-refractivity contribution in [3.63, 3.8) is 0 Å². The van der Waals surface area contributed by atoms with Crippen LogP contribution in [0.4, 0.5) is 0 Å². The van der Waals surface area contributed by atoms with Crippen molar-refractivity contribution in [3.05, 3.63) is 205 Å². The number of fused-ring (bicyclic) bond motifs is 4. The minimum Gasteiger partial charge on any atom is -0.114 e. The molecule has 9 aromatic rings. The maximum absolute atomic E-state index is 4.14. The van der Waals surface area contributed by atoms with E-state index in [1.54, 1.807) is 0 Å². The lowest BCUT2D eigenvalue weighted by Gasteiger charge is -2.31. The maximum Gasteiger partial charge on any atom is 0.202 e. The molecule has 0 unspecified atom stereocenters. The number of rotatable bonds is 6. The van der Waals surface area contributed by atoms with Gasteiger partial charge in [-0.15, -0.1) is 11.1 Å². The van der Waals surface area contributed by atoms with Gasteiger partial charge in [-0.05, 0) is 99.2 Å². The van der Waals surface area contributed by atoms with E-state index < -0.39 is 16.1 Å². The van der Waals surface area contributed by atoms with Crippen molar-refractivity contribution < 1.29 is 0 Å². The van der Waals surface area contributed by atoms with Gasteiger partial charge in [0.1, 0.15) is 0 Å². The smallest absolute Gasteiger partial charge is 0.114 e. The van der Waals surface area contributed by atoms with Crippen LogP contribution < -0.4 is 20.7 Å². The highest BCUT2D eigenvalue weighted by molar-refractivity contribution is 7.09. The van der Waals surface area contributed by atoms with Gasteiger partial charge >= 0.3 is 0 Å². The van der Waals surface area contributed by atoms with E-state index in [0.29, 0.717) is 11.1 Å². The third-order valence-corrected chi connectivity index (χ3v) is 21.7. The Morgan fingerprint density at radius 3 is 0.914 bits per heavy atom. The Kier molecular flexibility index (Phi) is 9.93. The molecule has 58 heavy (non-hydrogen) atoms. The molecule has 0 atom stereocenters. The lowest BCUT2D eigenvalue weighted by atomic mass is 9.90. The zero-order chi connectivity index (χ0) is 39.7. The molecule has 9 rings (SSSR count). The molecule has 0 aliphatic rings. The first-order valence-corrected chi connectivity index (χ1v) is 24.6. The number of hydrogen-bond donors (Lipinski definition) is 0. The van der Waals surface area contributed by atoms with E-state index in [1.165, 1.54) is 42.3 Å². The molecule has 0 saturated carbocycles. The molecular formula is C56H46Si2. The quantitative estimate of drug-likeness (QED) is 0.0897. The average molecular weight is 775 g/mol. The standard InChI is InChI=1S/C56H46Si2/c1-41(2)57(47-23-9-5-10-24-47,48-25-11-6-12-26-48)35-33-53-51-31-19-20-32-52(51)54(56-40-46-38-44-22-18-17-21-43(44)37-45(46)39-55(53)56)34-36-58(42(3)4,49-27-13-7-14-28-49)50-29-15-8-16-30-50/h5-32,37-42H,1-4H3. The Morgan fingerprint density at radius 1 is 0.310 bits per heavy atom. The Labute approximate surface area is 345 Å². The topological polar surface area (TPSA) is 0 Å². The van der Waals surface area contributed by atoms with Gasteiger partial charge in [-0.1, -0.05) is 209 Å². The van der Waals surface area contributed by atoms with Crippen LogP contribution in [0.15, 0.2) is 194 Å². The van der Waals surface area contributed by atoms with Crippen LogP contribution in [0.25, 0.3) is 43.1 Å². The van der Waals surface area contributed by atoms with E-state index in [-0.39, 0.29) is 0 Å². The molecule has 0 fully saturated rings. The molecule has 0 bridgehead atoms. The molecule has 0 nitrogen and oxygen atoms in total. The lowest BCUT2D eigenvalue weighted by Crippen LogP contribution is -2.59. The van der Waals surface area contributed by atoms with Gasteiger partial charge in [0.05, 0.1) is 0 Å². The van der Waals surface area contributed by atoms with Crippen LogP contribution in [0.2, 0.25) is 11.1 Å². The fourth-order valence-electron chi connectivity index (χ4n) is 9.25. The second-order valence-corrected chi connectivity index (χ2v) is 24.5. The summed E-state index contributed by atoms with van der Waals surface area (Å²) in [6, 6.07) is 71.2. The Hall–Kier alpha value is -6.43. The van der Waals surface area contributed by atoms with E-state index in [9.17, 15) is 0 Å². The van der Waals surface area contributed by atoms with E-state index in [1.807, 2.05) is 0 Å². The van der Waals surface area contributed by atoms with Gasteiger partial charge < -0.3 is 0 Å². The normalized spacial score (nSPS) is 11.8. The van der Waals surface area contributed by atoms with E-state index in [4.69, 9.17) is 0 Å². The molecule has 2 heteroatoms. The van der Waals surface area contributed by atoms with Crippen LogP contribution in [0, 0.1) is 22.9 Å². The Morgan fingerprint density at radius 2 is 0.603 bits per heavy atom. The zero-order valence-corrected chi connectivity index (χ0v) is 35.6. The van der Waals surface area contributed by atoms with Crippen LogP contribution in [0.1, 0.15) is 38.8 Å². The van der Waals surface area contributed by atoms with Crippen LogP contribution in [0.5, 0.6) is 0 Å². The summed E-state index contributed by atoms with van der Waals surface area (Å²) >= 11 is 0. The molecule has 0 radical (unpaired) electrons. The highest BCUT2D eigenvalue weighted by Gasteiger charge is 2.40. The van der Waals surface area contributed by atoms with Gasteiger partial charge in [0.25, 0.3) is 0 Å². The van der Waals surface area contributed by atoms with Crippen LogP contribution in [0.3, 0.4) is 0 Å². The van der Waals surface area contributed by atoms with Gasteiger partial charge in [-0.25, -0.2) is 0 Å². The molecule has 9 aromatic carbocycles. The molecule has 0 aliphatic carbocycles. The molecular weight excluding hydrogens is 729 g/mol. The zero-order valence-electron chi connectivity index (χ0n) is 33.6. The minimum absolute atomic E-state index is 0.338. The summed E-state index contributed by atoms with van der Waals surface area (Å²) in [7, 11) is -5.19. The first-order valence-electron chi connectivity index (χ1n) is 20.5. The molecule has 0 aliphatic heterocycles. The van der Waals surface area contributed by atoms with Crippen molar-refractivity contribution in [2.75, 3.05) is 0 Å². The van der Waals surface area contributed by atoms with Crippen LogP contribution in [-0.4, -0.2) is 16.1 Å². The SMILES string of the molecule is CC(C)[Si](C#Cc1c2ccccc2c(C#C[Si](c2ccccc2)(c2ccccc2)C(C)C)c2cc3cc4ccccc4cc3cc12)(c1ccccc1)c1ccccc1. The maximum atomic E-state index is 4.14. The third-order valence-electron chi connectivity index (χ3n) is 12.3. The van der Waals surface area contributed by atoms with Crippen LogP contribution >= 0.6 is 0 Å². The summed E-state index contributed by atoms with van der Waals surface area (Å²) in [5.74, 6) is 7.99. The first kappa shape index (κ1) is 37.2. The number of benzene rings is 9. The average Bonchev–Trinajstić information content (AvgIpc) is 3.27. The highest BCUT2D eigenvalue weighted by atomic mass is 28.3. The molecule has 0 saturated heterocycles. The molecule has 0 N–H and O–H groups in total. The van der Waals surface area contributed by atoms with Crippen LogP contribution in [-0.2, 0) is 0 Å². The van der Waals surface area contributed by atoms with Crippen molar-refractivity contribution in [3.8, 4) is 22.9 Å². The monoisotopic (exact) mass is 774 g/mol. The van der Waals surface area contributed by atoms with Crippen molar-refractivity contribution in [2.24, 2.45) is 0 Å². The summed E-state index contributed by atoms with van der Waals surface area (Å²) in [6.07, 6.45) is 0. The fourth-order valence-corrected chi connectivity index (χ4v) is 17.3. The predicted octanol–water partition coefficient (Wildman–Crippen LogP) is 11.4. The summed E-state index contributed by atoms with van der Waals surface area (Å²) in [5.41, 5.74) is 11.1. The number of hydrogen-bond acceptors (Lipinski definition) is 0. The van der Waals surface area contributed by atoms with Gasteiger partial charge in [0.2, 0.25) is 16.1 Å². The molecule has 0 spiro atoms. The molecule has 0 aromatic heterocycles. The van der Waals surface area contributed by atoms with Crippen molar-refractivity contribution in [1.29, 1.82) is 0 Å². The van der Waals surface area contributed by atoms with Crippen molar-refractivity contribution in [2.45, 2.75) is 38.8 Å². The Balaban J connectivity index is 1.40. The van der Waals surface area contributed by atoms with Gasteiger partial charge in [0.15, 0.2) is 0 Å². The van der Waals surface area contributed by atoms with E-state index >= 15 is 0 Å². The Bertz CT molecular complexity index is 2760. The van der Waals surface area contributed by atoms with Gasteiger partial charge in [-0.3, -0.25) is 0 Å². The second kappa shape index (κ2) is 15.5. The summed E-state index contributed by atoms with van der Waals surface area (Å²) in [5, 5.41) is 14.9. The molecule has 0 heterocycles. The first-order chi connectivity index (χ1) is 28.4. The summed E-state index contributed by atoms with van der Waals surface area (Å²) < 4.78 is 0. The molecule has 278 valence electrons.